The van der Waals surface area contributed by atoms with Crippen molar-refractivity contribution in [2.75, 3.05) is 13.1 Å². The zero-order valence-corrected chi connectivity index (χ0v) is 15.2. The lowest BCUT2D eigenvalue weighted by Gasteiger charge is -2.27. The molecular weight excluding hydrogens is 312 g/mol. The fourth-order valence-corrected chi connectivity index (χ4v) is 4.17. The molecule has 128 valence electrons. The second kappa shape index (κ2) is 6.61. The smallest absolute Gasteiger partial charge is 0.254 e. The molecule has 0 saturated carbocycles. The van der Waals surface area contributed by atoms with Crippen LogP contribution < -0.4 is 4.72 Å². The number of amides is 1. The number of likely N-dealkylation sites (tertiary alicyclic amines) is 1. The maximum Gasteiger partial charge on any atom is 0.254 e. The third-order valence-corrected chi connectivity index (χ3v) is 5.59. The minimum Gasteiger partial charge on any atom is -0.339 e. The highest BCUT2D eigenvalue weighted by atomic mass is 32.2. The fourth-order valence-electron chi connectivity index (χ4n) is 2.73. The largest absolute Gasteiger partial charge is 0.339 e. The Labute approximate surface area is 139 Å². The summed E-state index contributed by atoms with van der Waals surface area (Å²) in [6, 6.07) is 4.76. The van der Waals surface area contributed by atoms with Gasteiger partial charge in [-0.05, 0) is 64.7 Å². The molecule has 1 aromatic rings. The first-order valence-electron chi connectivity index (χ1n) is 8.04. The number of carbonyl (C=O) groups is 1. The summed E-state index contributed by atoms with van der Waals surface area (Å²) in [7, 11) is -3.64. The van der Waals surface area contributed by atoms with Crippen LogP contribution in [0.2, 0.25) is 0 Å². The number of aryl methyl sites for hydroxylation is 1. The van der Waals surface area contributed by atoms with Crippen molar-refractivity contribution in [3.63, 3.8) is 0 Å². The number of benzene rings is 1. The molecular formula is C17H26N2O3S. The Hall–Kier alpha value is -1.40. The number of sulfonamides is 1. The number of hydrogen-bond donors (Lipinski definition) is 1. The number of piperidine rings is 1. The van der Waals surface area contributed by atoms with Gasteiger partial charge in [0.25, 0.3) is 5.91 Å². The third-order valence-electron chi connectivity index (χ3n) is 3.83. The van der Waals surface area contributed by atoms with Gasteiger partial charge in [0.1, 0.15) is 0 Å². The van der Waals surface area contributed by atoms with Gasteiger partial charge in [0.15, 0.2) is 0 Å². The van der Waals surface area contributed by atoms with Gasteiger partial charge >= 0.3 is 0 Å². The zero-order chi connectivity index (χ0) is 17.3. The Morgan fingerprint density at radius 1 is 1.13 bits per heavy atom. The van der Waals surface area contributed by atoms with Crippen LogP contribution in [0.3, 0.4) is 0 Å². The van der Waals surface area contributed by atoms with Gasteiger partial charge in [0.2, 0.25) is 10.0 Å². The summed E-state index contributed by atoms with van der Waals surface area (Å²) in [5.41, 5.74) is 0.708. The van der Waals surface area contributed by atoms with Crippen LogP contribution in [0, 0.1) is 6.92 Å². The van der Waals surface area contributed by atoms with Crippen LogP contribution in [-0.2, 0) is 10.0 Å². The highest BCUT2D eigenvalue weighted by Crippen LogP contribution is 2.20. The van der Waals surface area contributed by atoms with E-state index in [4.69, 9.17) is 0 Å². The van der Waals surface area contributed by atoms with E-state index < -0.39 is 15.6 Å². The predicted molar refractivity (Wildman–Crippen MR) is 91.0 cm³/mol. The summed E-state index contributed by atoms with van der Waals surface area (Å²) < 4.78 is 27.6. The highest BCUT2D eigenvalue weighted by Gasteiger charge is 2.25. The molecule has 0 unspecified atom stereocenters. The maximum atomic E-state index is 12.7. The van der Waals surface area contributed by atoms with E-state index in [1.165, 1.54) is 6.07 Å². The Balaban J connectivity index is 2.33. The molecule has 0 aromatic heterocycles. The quantitative estimate of drug-likeness (QED) is 0.921. The van der Waals surface area contributed by atoms with Crippen molar-refractivity contribution in [1.82, 2.24) is 9.62 Å². The van der Waals surface area contributed by atoms with Gasteiger partial charge in [0, 0.05) is 24.2 Å². The average Bonchev–Trinajstić information content (AvgIpc) is 2.45. The predicted octanol–water partition coefficient (Wildman–Crippen LogP) is 2.70. The molecule has 1 aliphatic rings. The summed E-state index contributed by atoms with van der Waals surface area (Å²) in [5, 5.41) is 0. The SMILES string of the molecule is Cc1ccc(S(=O)(=O)NC(C)(C)C)cc1C(=O)N1CCCCC1. The van der Waals surface area contributed by atoms with E-state index in [0.717, 1.165) is 37.9 Å². The molecule has 0 bridgehead atoms. The minimum absolute atomic E-state index is 0.0741. The summed E-state index contributed by atoms with van der Waals surface area (Å²) in [6.07, 6.45) is 3.16. The Morgan fingerprint density at radius 2 is 1.74 bits per heavy atom. The van der Waals surface area contributed by atoms with Crippen molar-refractivity contribution in [2.24, 2.45) is 0 Å². The first-order valence-corrected chi connectivity index (χ1v) is 9.52. The second-order valence-corrected chi connectivity index (χ2v) is 8.87. The van der Waals surface area contributed by atoms with Gasteiger partial charge in [0.05, 0.1) is 4.90 Å². The van der Waals surface area contributed by atoms with Crippen LogP contribution >= 0.6 is 0 Å². The van der Waals surface area contributed by atoms with Crippen molar-refractivity contribution >= 4 is 15.9 Å². The number of nitrogens with one attached hydrogen (secondary N) is 1. The maximum absolute atomic E-state index is 12.7. The van der Waals surface area contributed by atoms with E-state index in [-0.39, 0.29) is 10.8 Å². The molecule has 6 heteroatoms. The normalized spacial score (nSPS) is 16.4. The van der Waals surface area contributed by atoms with E-state index in [1.807, 2.05) is 11.8 Å². The molecule has 0 radical (unpaired) electrons. The van der Waals surface area contributed by atoms with Crippen LogP contribution in [0.4, 0.5) is 0 Å². The van der Waals surface area contributed by atoms with Gasteiger partial charge in [-0.25, -0.2) is 13.1 Å². The summed E-state index contributed by atoms with van der Waals surface area (Å²) >= 11 is 0. The second-order valence-electron chi connectivity index (χ2n) is 7.19. The molecule has 1 heterocycles. The Morgan fingerprint density at radius 3 is 2.30 bits per heavy atom. The molecule has 0 aliphatic carbocycles. The van der Waals surface area contributed by atoms with Crippen LogP contribution in [0.25, 0.3) is 0 Å². The molecule has 0 atom stereocenters. The van der Waals surface area contributed by atoms with E-state index in [1.54, 1.807) is 32.9 Å². The summed E-state index contributed by atoms with van der Waals surface area (Å²) in [4.78, 5) is 14.7. The molecule has 1 saturated heterocycles. The minimum atomic E-state index is -3.64. The molecule has 1 aliphatic heterocycles. The fraction of sp³-hybridized carbons (Fsp3) is 0.588. The van der Waals surface area contributed by atoms with Gasteiger partial charge < -0.3 is 4.90 Å². The first kappa shape index (κ1) is 17.9. The Kier molecular flexibility index (Phi) is 5.16. The topological polar surface area (TPSA) is 66.5 Å². The van der Waals surface area contributed by atoms with Crippen molar-refractivity contribution in [2.45, 2.75) is 57.4 Å². The monoisotopic (exact) mass is 338 g/mol. The molecule has 1 aromatic carbocycles. The molecule has 23 heavy (non-hydrogen) atoms. The van der Waals surface area contributed by atoms with E-state index in [2.05, 4.69) is 4.72 Å². The zero-order valence-electron chi connectivity index (χ0n) is 14.3. The molecule has 0 spiro atoms. The average molecular weight is 338 g/mol. The van der Waals surface area contributed by atoms with Crippen LogP contribution in [0.1, 0.15) is 56.0 Å². The molecule has 1 amide bonds. The van der Waals surface area contributed by atoms with Gasteiger partial charge in [-0.3, -0.25) is 4.79 Å². The number of carbonyl (C=O) groups excluding carboxylic acids is 1. The van der Waals surface area contributed by atoms with Gasteiger partial charge in [-0.2, -0.15) is 0 Å². The lowest BCUT2D eigenvalue weighted by Crippen LogP contribution is -2.40. The number of nitrogens with zero attached hydrogens (tertiary/aromatic N) is 1. The lowest BCUT2D eigenvalue weighted by molar-refractivity contribution is 0.0723. The van der Waals surface area contributed by atoms with E-state index in [0.29, 0.717) is 5.56 Å². The van der Waals surface area contributed by atoms with Crippen molar-refractivity contribution < 1.29 is 13.2 Å². The molecule has 1 fully saturated rings. The van der Waals surface area contributed by atoms with Crippen LogP contribution in [0.5, 0.6) is 0 Å². The standard InChI is InChI=1S/C17H26N2O3S/c1-13-8-9-14(23(21,22)18-17(2,3)4)12-15(13)16(20)19-10-6-5-7-11-19/h8-9,12,18H,5-7,10-11H2,1-4H3. The Bertz CT molecular complexity index is 684. The van der Waals surface area contributed by atoms with Crippen molar-refractivity contribution in [1.29, 1.82) is 0 Å². The van der Waals surface area contributed by atoms with E-state index >= 15 is 0 Å². The lowest BCUT2D eigenvalue weighted by atomic mass is 10.1. The van der Waals surface area contributed by atoms with E-state index in [9.17, 15) is 13.2 Å². The number of rotatable bonds is 3. The van der Waals surface area contributed by atoms with Crippen molar-refractivity contribution in [3.8, 4) is 0 Å². The summed E-state index contributed by atoms with van der Waals surface area (Å²) in [6.45, 7) is 8.70. The third kappa shape index (κ3) is 4.54. The first-order chi connectivity index (χ1) is 10.6. The van der Waals surface area contributed by atoms with Crippen molar-refractivity contribution in [3.05, 3.63) is 29.3 Å². The summed E-state index contributed by atoms with van der Waals surface area (Å²) in [5.74, 6) is -0.0741. The highest BCUT2D eigenvalue weighted by molar-refractivity contribution is 7.89. The molecule has 5 nitrogen and oxygen atoms in total. The molecule has 2 rings (SSSR count). The van der Waals surface area contributed by atoms with Crippen LogP contribution in [-0.4, -0.2) is 37.9 Å². The molecule has 1 N–H and O–H groups in total. The van der Waals surface area contributed by atoms with Gasteiger partial charge in [-0.1, -0.05) is 6.07 Å². The van der Waals surface area contributed by atoms with Gasteiger partial charge in [-0.15, -0.1) is 0 Å². The number of hydrogen-bond acceptors (Lipinski definition) is 3. The van der Waals surface area contributed by atoms with Crippen LogP contribution in [0.15, 0.2) is 23.1 Å².